The molecule has 2 nitrogen and oxygen atoms in total. The predicted octanol–water partition coefficient (Wildman–Crippen LogP) is -3.20. The second-order valence-electron chi connectivity index (χ2n) is 2.74. The summed E-state index contributed by atoms with van der Waals surface area (Å²) in [5, 5.41) is 0. The van der Waals surface area contributed by atoms with Crippen LogP contribution in [0.1, 0.15) is 0 Å². The zero-order valence-corrected chi connectivity index (χ0v) is 9.24. The third kappa shape index (κ3) is 17.6. The fourth-order valence-corrected chi connectivity index (χ4v) is 0.900. The fraction of sp³-hybridized carbons (Fsp3) is 1.00. The van der Waals surface area contributed by atoms with Crippen molar-refractivity contribution in [1.82, 2.24) is 0 Å². The van der Waals surface area contributed by atoms with Gasteiger partial charge in [0.25, 0.3) is 0 Å². The molecule has 0 aromatic rings. The number of rotatable bonds is 2. The van der Waals surface area contributed by atoms with Crippen molar-refractivity contribution in [2.24, 2.45) is 0 Å². The number of hydrogen-bond donors (Lipinski definition) is 1. The lowest BCUT2D eigenvalue weighted by Gasteiger charge is -2.22. The Hall–Kier alpha value is 1.00. The van der Waals surface area contributed by atoms with E-state index in [0.717, 1.165) is 16.8 Å². The van der Waals surface area contributed by atoms with Crippen LogP contribution in [0.5, 0.6) is 0 Å². The van der Waals surface area contributed by atoms with Crippen LogP contribution >= 0.6 is 12.6 Å². The van der Waals surface area contributed by atoms with E-state index in [0.29, 0.717) is 0 Å². The lowest BCUT2D eigenvalue weighted by atomic mass is 10.6. The molecule has 0 fully saturated rings. The van der Waals surface area contributed by atoms with Gasteiger partial charge in [-0.15, -0.1) is 0 Å². The zero-order chi connectivity index (χ0) is 5.91. The molecule has 0 aliphatic carbocycles. The second-order valence-corrected chi connectivity index (χ2v) is 3.18. The van der Waals surface area contributed by atoms with Crippen LogP contribution in [-0.2, 0) is 0 Å². The summed E-state index contributed by atoms with van der Waals surface area (Å²) < 4.78 is 1.02. The van der Waals surface area contributed by atoms with Gasteiger partial charge in [-0.05, 0) is 0 Å². The van der Waals surface area contributed by atoms with Crippen molar-refractivity contribution in [2.45, 2.75) is 0 Å². The maximum atomic E-state index is 4.10. The van der Waals surface area contributed by atoms with Crippen molar-refractivity contribution < 1.29 is 33.9 Å². The van der Waals surface area contributed by atoms with E-state index in [1.165, 1.54) is 0 Å². The van der Waals surface area contributed by atoms with E-state index in [1.807, 2.05) is 0 Å². The van der Waals surface area contributed by atoms with E-state index in [2.05, 4.69) is 33.8 Å². The second kappa shape index (κ2) is 7.11. The van der Waals surface area contributed by atoms with E-state index in [-0.39, 0.29) is 29.5 Å². The summed E-state index contributed by atoms with van der Waals surface area (Å²) in [5.74, 6) is 0.976. The van der Waals surface area contributed by atoms with Crippen molar-refractivity contribution in [3.63, 3.8) is 0 Å². The summed E-state index contributed by atoms with van der Waals surface area (Å²) in [6.07, 6.45) is 0. The fourth-order valence-electron chi connectivity index (χ4n) is 0.300. The van der Waals surface area contributed by atoms with Crippen LogP contribution in [-0.4, -0.2) is 43.4 Å². The van der Waals surface area contributed by atoms with Gasteiger partial charge in [0, 0.05) is 5.75 Å². The summed E-state index contributed by atoms with van der Waals surface area (Å²) in [4.78, 5) is 0. The standard InChI is InChI=1S/C5H13NS.HI.H2O/c1-6(2,3)4-5-7;;/h4-5H2,1-3H3;1H;1H2. The Balaban J connectivity index is -0.000000180. The molecule has 60 valence electrons. The largest absolute Gasteiger partial charge is 1.00 e. The van der Waals surface area contributed by atoms with E-state index in [4.69, 9.17) is 0 Å². The predicted molar refractivity (Wildman–Crippen MR) is 40.4 cm³/mol. The van der Waals surface area contributed by atoms with Crippen LogP contribution in [0, 0.1) is 0 Å². The summed E-state index contributed by atoms with van der Waals surface area (Å²) >= 11 is 4.10. The molecule has 0 rings (SSSR count). The van der Waals surface area contributed by atoms with Crippen molar-refractivity contribution in [2.75, 3.05) is 33.4 Å². The monoisotopic (exact) mass is 265 g/mol. The van der Waals surface area contributed by atoms with Crippen LogP contribution in [0.15, 0.2) is 0 Å². The molecule has 0 unspecified atom stereocenters. The first-order valence-corrected chi connectivity index (χ1v) is 3.11. The van der Waals surface area contributed by atoms with Crippen molar-refractivity contribution in [3.05, 3.63) is 0 Å². The molecule has 0 aliphatic heterocycles. The minimum atomic E-state index is 0. The quantitative estimate of drug-likeness (QED) is 0.310. The van der Waals surface area contributed by atoms with Crippen LogP contribution < -0.4 is 24.0 Å². The molecule has 0 bridgehead atoms. The number of quaternary nitrogens is 1. The van der Waals surface area contributed by atoms with Crippen molar-refractivity contribution >= 4 is 12.6 Å². The van der Waals surface area contributed by atoms with Gasteiger partial charge in [-0.2, -0.15) is 12.6 Å². The van der Waals surface area contributed by atoms with E-state index in [9.17, 15) is 0 Å². The molecule has 2 N–H and O–H groups in total. The Labute approximate surface area is 79.9 Å². The third-order valence-corrected chi connectivity index (χ3v) is 0.971. The number of halogens is 1. The average Bonchev–Trinajstić information content (AvgIpc) is 1.30. The Morgan fingerprint density at radius 2 is 1.56 bits per heavy atom. The van der Waals surface area contributed by atoms with Crippen LogP contribution in [0.25, 0.3) is 0 Å². The highest BCUT2D eigenvalue weighted by molar-refractivity contribution is 7.80. The molecule has 0 saturated carbocycles. The van der Waals surface area contributed by atoms with Gasteiger partial charge in [0.1, 0.15) is 0 Å². The lowest BCUT2D eigenvalue weighted by Crippen LogP contribution is -3.00. The van der Waals surface area contributed by atoms with Crippen LogP contribution in [0.3, 0.4) is 0 Å². The smallest absolute Gasteiger partial charge is 0.0869 e. The SMILES string of the molecule is C[N+](C)(C)CCS.O.[I-]. The molecule has 0 spiro atoms. The summed E-state index contributed by atoms with van der Waals surface area (Å²) in [6.45, 7) is 1.14. The number of thiol groups is 1. The summed E-state index contributed by atoms with van der Waals surface area (Å²) in [6, 6.07) is 0. The Morgan fingerprint density at radius 1 is 1.22 bits per heavy atom. The molecule has 0 atom stereocenters. The van der Waals surface area contributed by atoms with Gasteiger partial charge in [0.05, 0.1) is 27.7 Å². The van der Waals surface area contributed by atoms with E-state index < -0.39 is 0 Å². The minimum absolute atomic E-state index is 0. The van der Waals surface area contributed by atoms with Gasteiger partial charge in [0.15, 0.2) is 0 Å². The first kappa shape index (κ1) is 16.5. The molecule has 9 heavy (non-hydrogen) atoms. The topological polar surface area (TPSA) is 31.5 Å². The molecular weight excluding hydrogens is 249 g/mol. The van der Waals surface area contributed by atoms with Gasteiger partial charge in [-0.25, -0.2) is 0 Å². The summed E-state index contributed by atoms with van der Waals surface area (Å²) in [7, 11) is 6.49. The van der Waals surface area contributed by atoms with Crippen molar-refractivity contribution in [3.8, 4) is 0 Å². The first-order chi connectivity index (χ1) is 3.06. The zero-order valence-electron chi connectivity index (χ0n) is 6.19. The molecule has 0 heterocycles. The first-order valence-electron chi connectivity index (χ1n) is 2.47. The van der Waals surface area contributed by atoms with Gasteiger partial charge in [-0.1, -0.05) is 0 Å². The van der Waals surface area contributed by atoms with Crippen LogP contribution in [0.2, 0.25) is 0 Å². The molecule has 0 aromatic carbocycles. The maximum absolute atomic E-state index is 4.10. The average molecular weight is 265 g/mol. The van der Waals surface area contributed by atoms with E-state index in [1.54, 1.807) is 0 Å². The number of hydrogen-bond acceptors (Lipinski definition) is 1. The molecule has 0 aromatic heterocycles. The maximum Gasteiger partial charge on any atom is 0.0869 e. The highest BCUT2D eigenvalue weighted by atomic mass is 127. The van der Waals surface area contributed by atoms with E-state index >= 15 is 0 Å². The number of nitrogens with zero attached hydrogens (tertiary/aromatic N) is 1. The van der Waals surface area contributed by atoms with Crippen molar-refractivity contribution in [1.29, 1.82) is 0 Å². The minimum Gasteiger partial charge on any atom is -1.00 e. The van der Waals surface area contributed by atoms with Gasteiger partial charge in [-0.3, -0.25) is 0 Å². The highest BCUT2D eigenvalue weighted by Gasteiger charge is 2.01. The third-order valence-electron chi connectivity index (χ3n) is 0.771. The molecule has 0 amide bonds. The molecule has 0 saturated heterocycles. The van der Waals surface area contributed by atoms with Crippen LogP contribution in [0.4, 0.5) is 0 Å². The Bertz CT molecular complexity index is 55.4. The van der Waals surface area contributed by atoms with Gasteiger partial charge >= 0.3 is 0 Å². The lowest BCUT2D eigenvalue weighted by molar-refractivity contribution is -0.867. The van der Waals surface area contributed by atoms with Gasteiger partial charge in [0.2, 0.25) is 0 Å². The van der Waals surface area contributed by atoms with Gasteiger partial charge < -0.3 is 33.9 Å². The molecule has 0 radical (unpaired) electrons. The summed E-state index contributed by atoms with van der Waals surface area (Å²) in [5.41, 5.74) is 0. The highest BCUT2D eigenvalue weighted by Crippen LogP contribution is 1.88. The normalized spacial score (nSPS) is 9.33. The molecule has 4 heteroatoms. The molecule has 0 aliphatic rings. The molecular formula is C5H16INOS. The Kier molecular flexibility index (Phi) is 13.1. The Morgan fingerprint density at radius 3 is 1.56 bits per heavy atom.